The summed E-state index contributed by atoms with van der Waals surface area (Å²) >= 11 is 0. The van der Waals surface area contributed by atoms with Crippen molar-refractivity contribution in [2.75, 3.05) is 59.0 Å². The molecule has 1 aliphatic heterocycles. The summed E-state index contributed by atoms with van der Waals surface area (Å²) in [5.41, 5.74) is 0. The highest BCUT2D eigenvalue weighted by Gasteiger charge is 2.20. The van der Waals surface area contributed by atoms with Gasteiger partial charge in [0.2, 0.25) is 0 Å². The molecular formula is C28H49N9O5. The zero-order valence-electron chi connectivity index (χ0n) is 24.9. The summed E-state index contributed by atoms with van der Waals surface area (Å²) in [5, 5.41) is 31.0. The molecule has 0 unspecified atom stereocenters. The fourth-order valence-corrected chi connectivity index (χ4v) is 4.30. The van der Waals surface area contributed by atoms with E-state index in [4.69, 9.17) is 10.5 Å². The minimum Gasteiger partial charge on any atom is -0.428 e. The van der Waals surface area contributed by atoms with Crippen molar-refractivity contribution in [3.05, 3.63) is 0 Å². The number of urea groups is 4. The molecule has 0 spiro atoms. The first-order valence-electron chi connectivity index (χ1n) is 15.2. The van der Waals surface area contributed by atoms with Crippen molar-refractivity contribution in [2.24, 2.45) is 0 Å². The van der Waals surface area contributed by atoms with Crippen LogP contribution in [0.4, 0.5) is 19.2 Å². The highest BCUT2D eigenvalue weighted by atomic mass is 16.5. The van der Waals surface area contributed by atoms with Crippen molar-refractivity contribution in [3.63, 3.8) is 0 Å². The van der Waals surface area contributed by atoms with Crippen molar-refractivity contribution in [2.45, 2.75) is 83.5 Å². The highest BCUT2D eigenvalue weighted by Crippen LogP contribution is 2.06. The van der Waals surface area contributed by atoms with Crippen LogP contribution in [0, 0.1) is 22.8 Å². The van der Waals surface area contributed by atoms with E-state index in [0.717, 1.165) is 70.6 Å². The van der Waals surface area contributed by atoms with Gasteiger partial charge in [-0.05, 0) is 44.9 Å². The van der Waals surface area contributed by atoms with Gasteiger partial charge in [-0.1, -0.05) is 32.1 Å². The number of hydrogen-bond donors (Lipinski definition) is 5. The number of nitrogens with zero attached hydrogens (tertiary/aromatic N) is 4. The lowest BCUT2D eigenvalue weighted by Gasteiger charge is -2.22. The van der Waals surface area contributed by atoms with Crippen LogP contribution in [0.25, 0.3) is 0 Å². The molecule has 8 amide bonds. The molecule has 0 aromatic heterocycles. The van der Waals surface area contributed by atoms with Gasteiger partial charge < -0.3 is 36.2 Å². The molecule has 0 aromatic carbocycles. The number of amides is 8. The third-order valence-electron chi connectivity index (χ3n) is 6.70. The molecule has 5 N–H and O–H groups in total. The Balaban J connectivity index is 2.20. The molecule has 14 nitrogen and oxygen atoms in total. The van der Waals surface area contributed by atoms with Crippen LogP contribution in [-0.2, 0) is 4.74 Å². The number of nitriles is 2. The predicted octanol–water partition coefficient (Wildman–Crippen LogP) is 3.12. The van der Waals surface area contributed by atoms with Crippen LogP contribution in [-0.4, -0.2) is 92.9 Å². The summed E-state index contributed by atoms with van der Waals surface area (Å²) in [6, 6.07) is 0.943. The minimum atomic E-state index is -0.414. The molecule has 0 atom stereocenters. The zero-order chi connectivity index (χ0) is 30.7. The normalized spacial score (nSPS) is 12.0. The van der Waals surface area contributed by atoms with Crippen LogP contribution in [0.1, 0.15) is 83.5 Å². The second kappa shape index (κ2) is 24.8. The Morgan fingerprint density at radius 3 is 1.95 bits per heavy atom. The van der Waals surface area contributed by atoms with Gasteiger partial charge in [0.15, 0.2) is 0 Å². The Bertz CT molecular complexity index is 875. The van der Waals surface area contributed by atoms with Crippen LogP contribution in [0.5, 0.6) is 0 Å². The first-order chi connectivity index (χ1) is 20.5. The lowest BCUT2D eigenvalue weighted by Crippen LogP contribution is -2.49. The average molecular weight is 592 g/mol. The minimum absolute atomic E-state index is 0.101. The van der Waals surface area contributed by atoms with E-state index in [9.17, 15) is 19.2 Å². The molecule has 1 rings (SSSR count). The first-order valence-corrected chi connectivity index (χ1v) is 15.2. The quantitative estimate of drug-likeness (QED) is 0.0890. The first kappa shape index (κ1) is 36.1. The molecule has 42 heavy (non-hydrogen) atoms. The van der Waals surface area contributed by atoms with E-state index in [2.05, 4.69) is 37.4 Å². The monoisotopic (exact) mass is 591 g/mol. The van der Waals surface area contributed by atoms with Gasteiger partial charge in [0.1, 0.15) is 6.61 Å². The maximum Gasteiger partial charge on any atom is 0.325 e. The molecule has 1 heterocycles. The van der Waals surface area contributed by atoms with Gasteiger partial charge >= 0.3 is 24.1 Å². The summed E-state index contributed by atoms with van der Waals surface area (Å²) in [6.45, 7) is 4.34. The standard InChI is InChI=1S/C28H49N9O5/c29-14-8-2-1-6-12-20-37(28(41)34-17-11-5-7-13-23-42-24-30)27(40)33-16-10-4-3-9-15-31-25(38)32-18-21-36-22-19-35-26(36)39/h1-13,15-23H2,(H,33,40)(H,34,41)(H,35,39)(H2,31,32,38). The van der Waals surface area contributed by atoms with Crippen LogP contribution in [0.3, 0.4) is 0 Å². The SMILES string of the molecule is N#CCCCCCCN(C(=O)NCCCCCCNC(=O)NCCN1CCNC1=O)C(=O)NCCCCCCOC#N. The smallest absolute Gasteiger partial charge is 0.325 e. The maximum absolute atomic E-state index is 12.8. The fraction of sp³-hybridized carbons (Fsp3) is 0.786. The van der Waals surface area contributed by atoms with Gasteiger partial charge in [-0.2, -0.15) is 10.5 Å². The molecule has 0 saturated carbocycles. The number of rotatable bonds is 23. The summed E-state index contributed by atoms with van der Waals surface area (Å²) in [5.74, 6) is 0. The number of carbonyl (C=O) groups is 4. The van der Waals surface area contributed by atoms with Gasteiger partial charge in [-0.3, -0.25) is 0 Å². The Morgan fingerprint density at radius 2 is 1.36 bits per heavy atom. The molecule has 236 valence electrons. The maximum atomic E-state index is 12.8. The number of nitrogens with one attached hydrogen (secondary N) is 5. The third-order valence-corrected chi connectivity index (χ3v) is 6.70. The van der Waals surface area contributed by atoms with Crippen molar-refractivity contribution >= 4 is 24.1 Å². The largest absolute Gasteiger partial charge is 0.428 e. The summed E-state index contributed by atoms with van der Waals surface area (Å²) in [7, 11) is 0. The van der Waals surface area contributed by atoms with E-state index in [1.54, 1.807) is 11.2 Å². The number of unbranched alkanes of at least 4 members (excludes halogenated alkanes) is 10. The predicted molar refractivity (Wildman–Crippen MR) is 157 cm³/mol. The lowest BCUT2D eigenvalue weighted by atomic mass is 10.1. The van der Waals surface area contributed by atoms with Crippen molar-refractivity contribution in [1.29, 1.82) is 10.5 Å². The summed E-state index contributed by atoms with van der Waals surface area (Å²) in [4.78, 5) is 51.7. The molecule has 14 heteroatoms. The van der Waals surface area contributed by atoms with E-state index in [1.807, 2.05) is 0 Å². The van der Waals surface area contributed by atoms with Crippen molar-refractivity contribution in [1.82, 2.24) is 36.4 Å². The van der Waals surface area contributed by atoms with E-state index in [0.29, 0.717) is 71.8 Å². The highest BCUT2D eigenvalue weighted by molar-refractivity contribution is 5.93. The number of ether oxygens (including phenoxy) is 1. The van der Waals surface area contributed by atoms with E-state index in [1.165, 1.54) is 4.90 Å². The van der Waals surface area contributed by atoms with Gasteiger partial charge in [-0.15, -0.1) is 0 Å². The Hall–Kier alpha value is -3.94. The summed E-state index contributed by atoms with van der Waals surface area (Å²) in [6.07, 6.45) is 12.0. The van der Waals surface area contributed by atoms with Gasteiger partial charge in [0.05, 0.1) is 6.07 Å². The molecule has 1 aliphatic rings. The van der Waals surface area contributed by atoms with Crippen molar-refractivity contribution in [3.8, 4) is 12.3 Å². The summed E-state index contributed by atoms with van der Waals surface area (Å²) < 4.78 is 4.65. The lowest BCUT2D eigenvalue weighted by molar-refractivity contribution is 0.184. The number of imide groups is 1. The van der Waals surface area contributed by atoms with E-state index < -0.39 is 12.1 Å². The van der Waals surface area contributed by atoms with E-state index in [-0.39, 0.29) is 12.1 Å². The third kappa shape index (κ3) is 18.4. The molecule has 0 aliphatic carbocycles. The van der Waals surface area contributed by atoms with E-state index >= 15 is 0 Å². The van der Waals surface area contributed by atoms with Crippen LogP contribution in [0.15, 0.2) is 0 Å². The topological polar surface area (TPSA) is 192 Å². The van der Waals surface area contributed by atoms with Gasteiger partial charge in [0.25, 0.3) is 6.26 Å². The van der Waals surface area contributed by atoms with Crippen LogP contribution in [0.2, 0.25) is 0 Å². The number of hydrogen-bond acceptors (Lipinski definition) is 7. The van der Waals surface area contributed by atoms with Gasteiger partial charge in [0, 0.05) is 58.8 Å². The Labute approximate surface area is 249 Å². The van der Waals surface area contributed by atoms with Crippen LogP contribution >= 0.6 is 0 Å². The molecule has 0 aromatic rings. The van der Waals surface area contributed by atoms with Crippen LogP contribution < -0.4 is 26.6 Å². The molecule has 0 bridgehead atoms. The second-order valence-corrected chi connectivity index (χ2v) is 10.1. The molecule has 0 radical (unpaired) electrons. The molecule has 1 saturated heterocycles. The molecule has 1 fully saturated rings. The number of carbonyl (C=O) groups excluding carboxylic acids is 4. The second-order valence-electron chi connectivity index (χ2n) is 10.1. The molecular weight excluding hydrogens is 542 g/mol. The average Bonchev–Trinajstić information content (AvgIpc) is 3.39. The Kier molecular flexibility index (Phi) is 21.3. The fourth-order valence-electron chi connectivity index (χ4n) is 4.30. The Morgan fingerprint density at radius 1 is 0.786 bits per heavy atom. The zero-order valence-corrected chi connectivity index (χ0v) is 24.9. The van der Waals surface area contributed by atoms with Crippen molar-refractivity contribution < 1.29 is 23.9 Å². The van der Waals surface area contributed by atoms with Gasteiger partial charge in [-0.25, -0.2) is 24.1 Å².